The van der Waals surface area contributed by atoms with Crippen molar-refractivity contribution in [3.8, 4) is 0 Å². The molecule has 0 aliphatic carbocycles. The molecule has 1 unspecified atom stereocenters. The van der Waals surface area contributed by atoms with Crippen LogP contribution in [0.5, 0.6) is 0 Å². The van der Waals surface area contributed by atoms with E-state index in [1.807, 2.05) is 0 Å². The lowest BCUT2D eigenvalue weighted by Gasteiger charge is -2.12. The van der Waals surface area contributed by atoms with Crippen molar-refractivity contribution in [1.29, 1.82) is 0 Å². The molecule has 2 rings (SSSR count). The van der Waals surface area contributed by atoms with Crippen LogP contribution in [0.25, 0.3) is 11.6 Å². The second-order valence-electron chi connectivity index (χ2n) is 4.45. The summed E-state index contributed by atoms with van der Waals surface area (Å²) in [5.41, 5.74) is 1.33. The van der Waals surface area contributed by atoms with Gasteiger partial charge in [0.05, 0.1) is 6.10 Å². The fourth-order valence-electron chi connectivity index (χ4n) is 1.89. The largest absolute Gasteiger partial charge is 0.389 e. The second kappa shape index (κ2) is 6.16. The third kappa shape index (κ3) is 3.44. The molecule has 0 saturated heterocycles. The summed E-state index contributed by atoms with van der Waals surface area (Å²) in [4.78, 5) is 0. The van der Waals surface area contributed by atoms with Gasteiger partial charge < -0.3 is 5.11 Å². The molecule has 0 heterocycles. The normalized spacial score (nSPS) is 13.3. The van der Waals surface area contributed by atoms with E-state index in [0.29, 0.717) is 10.6 Å². The summed E-state index contributed by atoms with van der Waals surface area (Å²) in [6.45, 7) is 1.53. The molecule has 1 nitrogen and oxygen atoms in total. The highest BCUT2D eigenvalue weighted by atomic mass is 35.5. The third-order valence-electron chi connectivity index (χ3n) is 2.88. The minimum atomic E-state index is -0.884. The number of aliphatic hydroxyl groups excluding tert-OH is 1. The minimum Gasteiger partial charge on any atom is -0.389 e. The van der Waals surface area contributed by atoms with Gasteiger partial charge in [-0.25, -0.2) is 8.78 Å². The Labute approximate surface area is 121 Å². The Bertz CT molecular complexity index is 633. The topological polar surface area (TPSA) is 20.2 Å². The Kier molecular flexibility index (Phi) is 4.53. The molecule has 0 aliphatic heterocycles. The average molecular weight is 295 g/mol. The predicted molar refractivity (Wildman–Crippen MR) is 77.4 cm³/mol. The van der Waals surface area contributed by atoms with Crippen LogP contribution in [-0.4, -0.2) is 11.2 Å². The number of hydrogen-bond donors (Lipinski definition) is 1. The molecule has 2 aromatic rings. The standard InChI is InChI=1S/C16H13ClF2O/c1-10(20)15(8-11-2-4-12(17)5-3-11)14-7-6-13(18)9-16(14)19/h2-10,20H,1H3/b15-8-. The Morgan fingerprint density at radius 1 is 1.15 bits per heavy atom. The van der Waals surface area contributed by atoms with Crippen LogP contribution in [0.15, 0.2) is 42.5 Å². The van der Waals surface area contributed by atoms with Crippen molar-refractivity contribution < 1.29 is 13.9 Å². The summed E-state index contributed by atoms with van der Waals surface area (Å²) in [7, 11) is 0. The molecular formula is C16H13ClF2O. The Morgan fingerprint density at radius 2 is 1.80 bits per heavy atom. The molecule has 0 aromatic heterocycles. The Hall–Kier alpha value is -1.71. The summed E-state index contributed by atoms with van der Waals surface area (Å²) in [5, 5.41) is 10.4. The van der Waals surface area contributed by atoms with Gasteiger partial charge in [-0.05, 0) is 48.4 Å². The van der Waals surface area contributed by atoms with Gasteiger partial charge >= 0.3 is 0 Å². The van der Waals surface area contributed by atoms with Crippen LogP contribution in [0.4, 0.5) is 8.78 Å². The maximum absolute atomic E-state index is 13.8. The molecule has 0 bridgehead atoms. The quantitative estimate of drug-likeness (QED) is 0.824. The molecule has 20 heavy (non-hydrogen) atoms. The summed E-state index contributed by atoms with van der Waals surface area (Å²) in [6.07, 6.45) is 0.766. The maximum atomic E-state index is 13.8. The van der Waals surface area contributed by atoms with Gasteiger partial charge in [0.2, 0.25) is 0 Å². The van der Waals surface area contributed by atoms with E-state index in [1.54, 1.807) is 30.3 Å². The van der Waals surface area contributed by atoms with Crippen molar-refractivity contribution in [3.05, 3.63) is 70.2 Å². The summed E-state index contributed by atoms with van der Waals surface area (Å²) >= 11 is 5.80. The molecule has 1 atom stereocenters. The molecule has 0 radical (unpaired) electrons. The van der Waals surface area contributed by atoms with E-state index in [9.17, 15) is 13.9 Å². The van der Waals surface area contributed by atoms with Gasteiger partial charge in [-0.3, -0.25) is 0 Å². The monoisotopic (exact) mass is 294 g/mol. The van der Waals surface area contributed by atoms with Gasteiger partial charge in [-0.1, -0.05) is 23.7 Å². The zero-order valence-corrected chi connectivity index (χ0v) is 11.5. The fraction of sp³-hybridized carbons (Fsp3) is 0.125. The van der Waals surface area contributed by atoms with E-state index in [0.717, 1.165) is 17.7 Å². The van der Waals surface area contributed by atoms with Crippen molar-refractivity contribution in [3.63, 3.8) is 0 Å². The van der Waals surface area contributed by atoms with Crippen molar-refractivity contribution in [2.75, 3.05) is 0 Å². The maximum Gasteiger partial charge on any atom is 0.133 e. The molecule has 104 valence electrons. The minimum absolute atomic E-state index is 0.177. The fourth-order valence-corrected chi connectivity index (χ4v) is 2.01. The van der Waals surface area contributed by atoms with Crippen LogP contribution in [0.1, 0.15) is 18.1 Å². The summed E-state index contributed by atoms with van der Waals surface area (Å²) in [5.74, 6) is -1.35. The summed E-state index contributed by atoms with van der Waals surface area (Å²) < 4.78 is 26.8. The number of halogens is 3. The van der Waals surface area contributed by atoms with E-state index in [2.05, 4.69) is 0 Å². The number of benzene rings is 2. The molecular weight excluding hydrogens is 282 g/mol. The van der Waals surface area contributed by atoms with Crippen LogP contribution >= 0.6 is 11.6 Å². The van der Waals surface area contributed by atoms with Crippen molar-refractivity contribution in [2.45, 2.75) is 13.0 Å². The first-order valence-corrected chi connectivity index (χ1v) is 6.46. The molecule has 0 amide bonds. The molecule has 4 heteroatoms. The van der Waals surface area contributed by atoms with E-state index in [1.165, 1.54) is 13.0 Å². The van der Waals surface area contributed by atoms with Crippen LogP contribution in [0.2, 0.25) is 5.02 Å². The van der Waals surface area contributed by atoms with Gasteiger partial charge in [-0.15, -0.1) is 0 Å². The van der Waals surface area contributed by atoms with Crippen LogP contribution < -0.4 is 0 Å². The van der Waals surface area contributed by atoms with E-state index < -0.39 is 17.7 Å². The molecule has 0 spiro atoms. The molecule has 1 N–H and O–H groups in total. The summed E-state index contributed by atoms with van der Waals surface area (Å²) in [6, 6.07) is 10.2. The lowest BCUT2D eigenvalue weighted by Crippen LogP contribution is -2.05. The van der Waals surface area contributed by atoms with Gasteiger partial charge in [0, 0.05) is 16.7 Å². The van der Waals surface area contributed by atoms with Gasteiger partial charge in [-0.2, -0.15) is 0 Å². The van der Waals surface area contributed by atoms with E-state index >= 15 is 0 Å². The molecule has 0 aliphatic rings. The number of rotatable bonds is 3. The van der Waals surface area contributed by atoms with Crippen LogP contribution in [0, 0.1) is 11.6 Å². The highest BCUT2D eigenvalue weighted by Gasteiger charge is 2.13. The van der Waals surface area contributed by atoms with Crippen molar-refractivity contribution in [2.24, 2.45) is 0 Å². The number of hydrogen-bond acceptors (Lipinski definition) is 1. The van der Waals surface area contributed by atoms with Gasteiger partial charge in [0.15, 0.2) is 0 Å². The lowest BCUT2D eigenvalue weighted by molar-refractivity contribution is 0.253. The SMILES string of the molecule is CC(O)/C(=C/c1ccc(Cl)cc1)c1ccc(F)cc1F. The second-order valence-corrected chi connectivity index (χ2v) is 4.89. The third-order valence-corrected chi connectivity index (χ3v) is 3.14. The van der Waals surface area contributed by atoms with Crippen LogP contribution in [-0.2, 0) is 0 Å². The Morgan fingerprint density at radius 3 is 2.35 bits per heavy atom. The van der Waals surface area contributed by atoms with Crippen molar-refractivity contribution in [1.82, 2.24) is 0 Å². The zero-order valence-electron chi connectivity index (χ0n) is 10.8. The molecule has 0 saturated carbocycles. The van der Waals surface area contributed by atoms with E-state index in [4.69, 9.17) is 11.6 Å². The van der Waals surface area contributed by atoms with Gasteiger partial charge in [0.1, 0.15) is 11.6 Å². The van der Waals surface area contributed by atoms with E-state index in [-0.39, 0.29) is 5.56 Å². The predicted octanol–water partition coefficient (Wildman–Crippen LogP) is 4.54. The highest BCUT2D eigenvalue weighted by molar-refractivity contribution is 6.30. The smallest absolute Gasteiger partial charge is 0.133 e. The zero-order chi connectivity index (χ0) is 14.7. The first kappa shape index (κ1) is 14.7. The van der Waals surface area contributed by atoms with Crippen LogP contribution in [0.3, 0.4) is 0 Å². The first-order chi connectivity index (χ1) is 9.47. The number of aliphatic hydroxyl groups is 1. The lowest BCUT2D eigenvalue weighted by atomic mass is 9.98. The Balaban J connectivity index is 2.48. The van der Waals surface area contributed by atoms with Crippen molar-refractivity contribution >= 4 is 23.3 Å². The molecule has 0 fully saturated rings. The van der Waals surface area contributed by atoms with Gasteiger partial charge in [0.25, 0.3) is 0 Å². The first-order valence-electron chi connectivity index (χ1n) is 6.08. The highest BCUT2D eigenvalue weighted by Crippen LogP contribution is 2.25. The average Bonchev–Trinajstić information content (AvgIpc) is 2.39. The molecule has 2 aromatic carbocycles.